The maximum atomic E-state index is 12.6. The largest absolute Gasteiger partial charge is 0.469 e. The molecule has 7 nitrogen and oxygen atoms in total. The van der Waals surface area contributed by atoms with Gasteiger partial charge in [0.15, 0.2) is 0 Å². The van der Waals surface area contributed by atoms with Crippen molar-refractivity contribution in [3.8, 4) is 0 Å². The number of aromatic nitrogens is 3. The van der Waals surface area contributed by atoms with E-state index in [4.69, 9.17) is 0 Å². The lowest BCUT2D eigenvalue weighted by molar-refractivity contribution is -0.140. The van der Waals surface area contributed by atoms with Crippen LogP contribution in [0.2, 0.25) is 0 Å². The first-order valence-electron chi connectivity index (χ1n) is 10.8. The summed E-state index contributed by atoms with van der Waals surface area (Å²) in [6.45, 7) is 2.12. The molecule has 1 aromatic heterocycles. The first-order chi connectivity index (χ1) is 14.0. The summed E-state index contributed by atoms with van der Waals surface area (Å²) in [6, 6.07) is -0.264. The lowest BCUT2D eigenvalue weighted by atomic mass is 10.1. The van der Waals surface area contributed by atoms with Crippen molar-refractivity contribution in [3.05, 3.63) is 45.3 Å². The van der Waals surface area contributed by atoms with Crippen LogP contribution < -0.4 is 11.4 Å². The fourth-order valence-corrected chi connectivity index (χ4v) is 3.73. The Balaban J connectivity index is 1.87. The van der Waals surface area contributed by atoms with Gasteiger partial charge in [-0.15, -0.1) is 0 Å². The van der Waals surface area contributed by atoms with Gasteiger partial charge in [-0.2, -0.15) is 0 Å². The predicted octanol–water partition coefficient (Wildman–Crippen LogP) is 3.65. The van der Waals surface area contributed by atoms with Crippen LogP contribution >= 0.6 is 0 Å². The monoisotopic (exact) mass is 405 g/mol. The number of nitrogens with zero attached hydrogens (tertiary/aromatic N) is 3. The van der Waals surface area contributed by atoms with Crippen LogP contribution in [0.5, 0.6) is 0 Å². The Morgan fingerprint density at radius 3 is 2.45 bits per heavy atom. The van der Waals surface area contributed by atoms with Gasteiger partial charge in [-0.25, -0.2) is 23.5 Å². The standard InChI is InChI=1S/C22H35N3O4/c1-4-5-13-18-16-17-19(25-22(28)23(2)21(27)24(18)25)14-11-9-7-6-8-10-12-15-20(26)29-3/h11,14,16-19H,4-10,12-13,15H2,1-3H3/b14-11-. The molecule has 0 radical (unpaired) electrons. The summed E-state index contributed by atoms with van der Waals surface area (Å²) in [5, 5.41) is 0. The first-order valence-corrected chi connectivity index (χ1v) is 10.8. The second-order valence-corrected chi connectivity index (χ2v) is 7.71. The lowest BCUT2D eigenvalue weighted by Crippen LogP contribution is -2.34. The summed E-state index contributed by atoms with van der Waals surface area (Å²) < 4.78 is 9.04. The van der Waals surface area contributed by atoms with Crippen molar-refractivity contribution in [2.75, 3.05) is 7.11 Å². The van der Waals surface area contributed by atoms with Crippen LogP contribution in [-0.2, 0) is 16.6 Å². The number of carbonyl (C=O) groups is 1. The summed E-state index contributed by atoms with van der Waals surface area (Å²) in [6.07, 6.45) is 17.8. The van der Waals surface area contributed by atoms with Crippen LogP contribution in [0.4, 0.5) is 0 Å². The number of hydrogen-bond acceptors (Lipinski definition) is 4. The minimum atomic E-state index is -0.263. The second-order valence-electron chi connectivity index (χ2n) is 7.71. The Bertz CT molecular complexity index is 828. The number of hydrogen-bond donors (Lipinski definition) is 0. The second kappa shape index (κ2) is 11.6. The van der Waals surface area contributed by atoms with Crippen LogP contribution in [0.15, 0.2) is 33.9 Å². The Labute approximate surface area is 172 Å². The molecular formula is C22H35N3O4. The number of fused-ring (bicyclic) bond motifs is 1. The number of esters is 1. The highest BCUT2D eigenvalue weighted by Crippen LogP contribution is 2.23. The third-order valence-electron chi connectivity index (χ3n) is 5.49. The van der Waals surface area contributed by atoms with Crippen LogP contribution in [0, 0.1) is 0 Å². The van der Waals surface area contributed by atoms with Crippen molar-refractivity contribution < 1.29 is 9.53 Å². The summed E-state index contributed by atoms with van der Waals surface area (Å²) in [4.78, 5) is 36.2. The van der Waals surface area contributed by atoms with Crippen molar-refractivity contribution in [1.82, 2.24) is 13.9 Å². The molecule has 162 valence electrons. The smallest absolute Gasteiger partial charge is 0.347 e. The molecule has 0 N–H and O–H groups in total. The van der Waals surface area contributed by atoms with Crippen molar-refractivity contribution in [2.45, 2.75) is 83.2 Å². The van der Waals surface area contributed by atoms with E-state index >= 15 is 0 Å². The van der Waals surface area contributed by atoms with E-state index in [1.807, 2.05) is 12.2 Å². The SMILES string of the molecule is CCCCC1C=CC(/C=C\CCCCCCCC(=O)OC)n2c(=O)n(C)c(=O)n21. The molecule has 0 amide bonds. The highest BCUT2D eigenvalue weighted by atomic mass is 16.5. The predicted molar refractivity (Wildman–Crippen MR) is 114 cm³/mol. The third-order valence-corrected chi connectivity index (χ3v) is 5.49. The molecule has 2 atom stereocenters. The Morgan fingerprint density at radius 1 is 1.03 bits per heavy atom. The van der Waals surface area contributed by atoms with Gasteiger partial charge in [-0.05, 0) is 25.7 Å². The van der Waals surface area contributed by atoms with E-state index in [2.05, 4.69) is 23.8 Å². The summed E-state index contributed by atoms with van der Waals surface area (Å²) in [5.41, 5.74) is -0.507. The van der Waals surface area contributed by atoms with Gasteiger partial charge < -0.3 is 4.74 Å². The molecule has 1 aliphatic heterocycles. The number of allylic oxidation sites excluding steroid dienone is 4. The zero-order valence-electron chi connectivity index (χ0n) is 18.0. The van der Waals surface area contributed by atoms with E-state index < -0.39 is 0 Å². The quantitative estimate of drug-likeness (QED) is 0.302. The number of ether oxygens (including phenoxy) is 1. The molecule has 0 spiro atoms. The molecule has 0 saturated heterocycles. The Hall–Kier alpha value is -2.31. The van der Waals surface area contributed by atoms with Gasteiger partial charge in [0.1, 0.15) is 0 Å². The molecule has 0 bridgehead atoms. The Kier molecular flexibility index (Phi) is 9.22. The molecule has 0 aromatic carbocycles. The van der Waals surface area contributed by atoms with Gasteiger partial charge in [0, 0.05) is 13.5 Å². The first kappa shape index (κ1) is 23.0. The molecule has 1 aromatic rings. The fraction of sp³-hybridized carbons (Fsp3) is 0.682. The topological polar surface area (TPSA) is 75.2 Å². The van der Waals surface area contributed by atoms with Gasteiger partial charge in [0.2, 0.25) is 0 Å². The normalized spacial score (nSPS) is 18.3. The van der Waals surface area contributed by atoms with Crippen molar-refractivity contribution in [3.63, 3.8) is 0 Å². The van der Waals surface area contributed by atoms with Gasteiger partial charge in [-0.3, -0.25) is 4.79 Å². The van der Waals surface area contributed by atoms with Crippen LogP contribution in [-0.4, -0.2) is 27.0 Å². The molecule has 0 fully saturated rings. The molecule has 0 saturated carbocycles. The lowest BCUT2D eigenvalue weighted by Gasteiger charge is -2.25. The van der Waals surface area contributed by atoms with E-state index in [0.717, 1.165) is 57.8 Å². The van der Waals surface area contributed by atoms with E-state index in [1.54, 1.807) is 16.4 Å². The molecule has 2 heterocycles. The van der Waals surface area contributed by atoms with Crippen LogP contribution in [0.1, 0.15) is 83.2 Å². The average molecular weight is 406 g/mol. The Morgan fingerprint density at radius 2 is 1.72 bits per heavy atom. The molecular weight excluding hydrogens is 370 g/mol. The maximum absolute atomic E-state index is 12.6. The zero-order chi connectivity index (χ0) is 21.2. The molecule has 1 aliphatic rings. The van der Waals surface area contributed by atoms with Crippen LogP contribution in [0.3, 0.4) is 0 Å². The summed E-state index contributed by atoms with van der Waals surface area (Å²) in [5.74, 6) is -0.139. The number of unbranched alkanes of at least 4 members (excludes halogenated alkanes) is 6. The molecule has 29 heavy (non-hydrogen) atoms. The number of rotatable bonds is 12. The molecule has 7 heteroatoms. The van der Waals surface area contributed by atoms with Gasteiger partial charge in [0.25, 0.3) is 0 Å². The minimum absolute atomic E-state index is 0.0500. The zero-order valence-corrected chi connectivity index (χ0v) is 18.0. The van der Waals surface area contributed by atoms with Gasteiger partial charge >= 0.3 is 17.3 Å². The van der Waals surface area contributed by atoms with E-state index in [9.17, 15) is 14.4 Å². The maximum Gasteiger partial charge on any atom is 0.347 e. The highest BCUT2D eigenvalue weighted by molar-refractivity contribution is 5.68. The van der Waals surface area contributed by atoms with Crippen molar-refractivity contribution in [2.24, 2.45) is 7.05 Å². The highest BCUT2D eigenvalue weighted by Gasteiger charge is 2.26. The molecule has 2 rings (SSSR count). The van der Waals surface area contributed by atoms with E-state index in [0.29, 0.717) is 6.42 Å². The average Bonchev–Trinajstić information content (AvgIpc) is 2.96. The van der Waals surface area contributed by atoms with Gasteiger partial charge in [-0.1, -0.05) is 63.3 Å². The summed E-state index contributed by atoms with van der Waals surface area (Å²) >= 11 is 0. The number of methoxy groups -OCH3 is 1. The molecule has 2 unspecified atom stereocenters. The van der Waals surface area contributed by atoms with Crippen molar-refractivity contribution >= 4 is 5.97 Å². The summed E-state index contributed by atoms with van der Waals surface area (Å²) in [7, 11) is 2.96. The van der Waals surface area contributed by atoms with E-state index in [1.165, 1.54) is 11.7 Å². The fourth-order valence-electron chi connectivity index (χ4n) is 3.73. The minimum Gasteiger partial charge on any atom is -0.469 e. The van der Waals surface area contributed by atoms with Crippen LogP contribution in [0.25, 0.3) is 0 Å². The third kappa shape index (κ3) is 6.08. The van der Waals surface area contributed by atoms with E-state index in [-0.39, 0.29) is 29.4 Å². The molecule has 0 aliphatic carbocycles. The van der Waals surface area contributed by atoms with Gasteiger partial charge in [0.05, 0.1) is 19.2 Å². The van der Waals surface area contributed by atoms with Crippen molar-refractivity contribution in [1.29, 1.82) is 0 Å². The number of carbonyl (C=O) groups excluding carboxylic acids is 1.